The number of rotatable bonds is 6. The molecule has 0 radical (unpaired) electrons. The quantitative estimate of drug-likeness (QED) is 0.876. The van der Waals surface area contributed by atoms with Crippen LogP contribution in [0.4, 0.5) is 5.82 Å². The Bertz CT molecular complexity index is 543. The van der Waals surface area contributed by atoms with Gasteiger partial charge in [0.05, 0.1) is 17.5 Å². The summed E-state index contributed by atoms with van der Waals surface area (Å²) in [4.78, 5) is 8.78. The maximum Gasteiger partial charge on any atom is 0.147 e. The van der Waals surface area contributed by atoms with Crippen LogP contribution in [0.25, 0.3) is 0 Å². The Morgan fingerprint density at radius 3 is 2.65 bits per heavy atom. The molecule has 1 atom stereocenters. The van der Waals surface area contributed by atoms with Crippen molar-refractivity contribution in [3.05, 3.63) is 53.5 Å². The Morgan fingerprint density at radius 1 is 1.20 bits per heavy atom. The first-order valence-electron chi connectivity index (χ1n) is 6.91. The Labute approximate surface area is 120 Å². The van der Waals surface area contributed by atoms with Crippen LogP contribution in [-0.2, 0) is 4.74 Å². The van der Waals surface area contributed by atoms with Gasteiger partial charge in [0.2, 0.25) is 0 Å². The molecule has 4 heteroatoms. The van der Waals surface area contributed by atoms with Crippen LogP contribution in [0.15, 0.2) is 36.5 Å². The standard InChI is InChI=1S/C16H21N3O/c1-4-20-15(14-8-6-5-7-9-14)11-18-16-13(3)17-10-12(2)19-16/h5-10,15H,4,11H2,1-3H3,(H,18,19). The van der Waals surface area contributed by atoms with E-state index in [1.165, 1.54) is 5.56 Å². The Hall–Kier alpha value is -1.94. The van der Waals surface area contributed by atoms with Gasteiger partial charge in [-0.05, 0) is 26.3 Å². The van der Waals surface area contributed by atoms with Crippen molar-refractivity contribution in [3.63, 3.8) is 0 Å². The van der Waals surface area contributed by atoms with Crippen LogP contribution in [-0.4, -0.2) is 23.1 Å². The van der Waals surface area contributed by atoms with E-state index in [2.05, 4.69) is 27.4 Å². The average molecular weight is 271 g/mol. The normalized spacial score (nSPS) is 12.2. The van der Waals surface area contributed by atoms with Crippen LogP contribution in [0, 0.1) is 13.8 Å². The van der Waals surface area contributed by atoms with Crippen molar-refractivity contribution in [1.29, 1.82) is 0 Å². The number of aromatic nitrogens is 2. The van der Waals surface area contributed by atoms with E-state index in [1.807, 2.05) is 39.0 Å². The second-order valence-electron chi connectivity index (χ2n) is 4.68. The Balaban J connectivity index is 2.07. The molecule has 0 amide bonds. The summed E-state index contributed by atoms with van der Waals surface area (Å²) < 4.78 is 5.81. The molecule has 0 bridgehead atoms. The van der Waals surface area contributed by atoms with Gasteiger partial charge in [-0.3, -0.25) is 4.98 Å². The molecule has 106 valence electrons. The molecule has 0 saturated carbocycles. The van der Waals surface area contributed by atoms with Gasteiger partial charge in [0, 0.05) is 19.3 Å². The molecule has 0 saturated heterocycles. The number of aryl methyl sites for hydroxylation is 2. The molecule has 0 aliphatic heterocycles. The molecule has 0 spiro atoms. The molecule has 4 nitrogen and oxygen atoms in total. The zero-order valence-electron chi connectivity index (χ0n) is 12.3. The average Bonchev–Trinajstić information content (AvgIpc) is 2.47. The van der Waals surface area contributed by atoms with Crippen LogP contribution in [0.2, 0.25) is 0 Å². The molecule has 1 N–H and O–H groups in total. The third kappa shape index (κ3) is 3.78. The minimum Gasteiger partial charge on any atom is -0.372 e. The Morgan fingerprint density at radius 2 is 1.95 bits per heavy atom. The fraction of sp³-hybridized carbons (Fsp3) is 0.375. The van der Waals surface area contributed by atoms with Gasteiger partial charge in [-0.15, -0.1) is 0 Å². The summed E-state index contributed by atoms with van der Waals surface area (Å²) in [6, 6.07) is 10.2. The molecule has 0 fully saturated rings. The fourth-order valence-corrected chi connectivity index (χ4v) is 2.04. The highest BCUT2D eigenvalue weighted by atomic mass is 16.5. The molecule has 1 aromatic carbocycles. The third-order valence-electron chi connectivity index (χ3n) is 3.07. The van der Waals surface area contributed by atoms with Crippen molar-refractivity contribution in [3.8, 4) is 0 Å². The topological polar surface area (TPSA) is 47.0 Å². The highest BCUT2D eigenvalue weighted by Gasteiger charge is 2.12. The van der Waals surface area contributed by atoms with E-state index in [-0.39, 0.29) is 6.10 Å². The Kier molecular flexibility index (Phi) is 5.07. The minimum absolute atomic E-state index is 0.0166. The second-order valence-corrected chi connectivity index (χ2v) is 4.68. The van der Waals surface area contributed by atoms with Crippen LogP contribution in [0.3, 0.4) is 0 Å². The van der Waals surface area contributed by atoms with Crippen molar-refractivity contribution < 1.29 is 4.74 Å². The van der Waals surface area contributed by atoms with Crippen LogP contribution < -0.4 is 5.32 Å². The fourth-order valence-electron chi connectivity index (χ4n) is 2.04. The molecule has 1 aromatic heterocycles. The summed E-state index contributed by atoms with van der Waals surface area (Å²) in [5, 5.41) is 3.34. The highest BCUT2D eigenvalue weighted by Crippen LogP contribution is 2.18. The van der Waals surface area contributed by atoms with E-state index in [0.29, 0.717) is 13.2 Å². The molecule has 20 heavy (non-hydrogen) atoms. The van der Waals surface area contributed by atoms with Crippen LogP contribution in [0.5, 0.6) is 0 Å². The van der Waals surface area contributed by atoms with Gasteiger partial charge in [-0.2, -0.15) is 0 Å². The lowest BCUT2D eigenvalue weighted by Gasteiger charge is -2.19. The summed E-state index contributed by atoms with van der Waals surface area (Å²) in [6.45, 7) is 7.26. The summed E-state index contributed by atoms with van der Waals surface area (Å²) >= 11 is 0. The van der Waals surface area contributed by atoms with Crippen LogP contribution in [0.1, 0.15) is 30.0 Å². The van der Waals surface area contributed by atoms with Gasteiger partial charge < -0.3 is 10.1 Å². The van der Waals surface area contributed by atoms with Crippen molar-refractivity contribution in [1.82, 2.24) is 9.97 Å². The van der Waals surface area contributed by atoms with Crippen LogP contribution >= 0.6 is 0 Å². The second kappa shape index (κ2) is 7.01. The number of ether oxygens (including phenoxy) is 1. The van der Waals surface area contributed by atoms with E-state index in [1.54, 1.807) is 6.20 Å². The summed E-state index contributed by atoms with van der Waals surface area (Å²) in [5.41, 5.74) is 2.98. The van der Waals surface area contributed by atoms with Gasteiger partial charge in [0.1, 0.15) is 5.82 Å². The van der Waals surface area contributed by atoms with E-state index >= 15 is 0 Å². The molecule has 0 aliphatic carbocycles. The lowest BCUT2D eigenvalue weighted by Crippen LogP contribution is -2.17. The summed E-state index contributed by atoms with van der Waals surface area (Å²) in [5.74, 6) is 0.825. The van der Waals surface area contributed by atoms with E-state index in [4.69, 9.17) is 4.74 Å². The number of nitrogens with one attached hydrogen (secondary N) is 1. The highest BCUT2D eigenvalue weighted by molar-refractivity contribution is 5.40. The first kappa shape index (κ1) is 14.5. The number of nitrogens with zero attached hydrogens (tertiary/aromatic N) is 2. The third-order valence-corrected chi connectivity index (χ3v) is 3.07. The van der Waals surface area contributed by atoms with Crippen molar-refractivity contribution in [2.75, 3.05) is 18.5 Å². The predicted molar refractivity (Wildman–Crippen MR) is 80.8 cm³/mol. The molecule has 0 aliphatic rings. The van der Waals surface area contributed by atoms with E-state index in [0.717, 1.165) is 17.2 Å². The number of hydrogen-bond donors (Lipinski definition) is 1. The van der Waals surface area contributed by atoms with Crippen molar-refractivity contribution in [2.24, 2.45) is 0 Å². The SMILES string of the molecule is CCOC(CNc1nc(C)cnc1C)c1ccccc1. The summed E-state index contributed by atoms with van der Waals surface area (Å²) in [7, 11) is 0. The zero-order chi connectivity index (χ0) is 14.4. The first-order chi connectivity index (χ1) is 9.70. The van der Waals surface area contributed by atoms with Crippen molar-refractivity contribution in [2.45, 2.75) is 26.9 Å². The molecular formula is C16H21N3O. The van der Waals surface area contributed by atoms with Gasteiger partial charge in [-0.1, -0.05) is 30.3 Å². The van der Waals surface area contributed by atoms with Gasteiger partial charge >= 0.3 is 0 Å². The molecule has 2 aromatic rings. The number of anilines is 1. The number of hydrogen-bond acceptors (Lipinski definition) is 4. The van der Waals surface area contributed by atoms with Gasteiger partial charge in [0.15, 0.2) is 0 Å². The van der Waals surface area contributed by atoms with Crippen molar-refractivity contribution >= 4 is 5.82 Å². The lowest BCUT2D eigenvalue weighted by atomic mass is 10.1. The molecule has 1 unspecified atom stereocenters. The minimum atomic E-state index is 0.0166. The summed E-state index contributed by atoms with van der Waals surface area (Å²) in [6.07, 6.45) is 1.79. The smallest absolute Gasteiger partial charge is 0.147 e. The lowest BCUT2D eigenvalue weighted by molar-refractivity contribution is 0.0718. The van der Waals surface area contributed by atoms with E-state index < -0.39 is 0 Å². The van der Waals surface area contributed by atoms with Gasteiger partial charge in [-0.25, -0.2) is 4.98 Å². The maximum atomic E-state index is 5.81. The van der Waals surface area contributed by atoms with E-state index in [9.17, 15) is 0 Å². The molecular weight excluding hydrogens is 250 g/mol. The monoisotopic (exact) mass is 271 g/mol. The number of benzene rings is 1. The first-order valence-corrected chi connectivity index (χ1v) is 6.91. The molecule has 1 heterocycles. The maximum absolute atomic E-state index is 5.81. The zero-order valence-corrected chi connectivity index (χ0v) is 12.3. The van der Waals surface area contributed by atoms with Gasteiger partial charge in [0.25, 0.3) is 0 Å². The largest absolute Gasteiger partial charge is 0.372 e. The predicted octanol–water partition coefficient (Wildman–Crippen LogP) is 3.28. The molecule has 2 rings (SSSR count).